The minimum absolute atomic E-state index is 0.0917. The number of benzene rings is 1. The SMILES string of the molecule is CC1(N=[N+]=[N-])CCN(C(=O)C(O)(c2ccccc2)C2CCC(F)(F)C2)CC1. The van der Waals surface area contributed by atoms with Crippen LogP contribution in [0.1, 0.15) is 44.6 Å². The van der Waals surface area contributed by atoms with Crippen LogP contribution < -0.4 is 0 Å². The summed E-state index contributed by atoms with van der Waals surface area (Å²) in [6, 6.07) is 8.36. The molecule has 2 atom stereocenters. The van der Waals surface area contributed by atoms with Gasteiger partial charge in [-0.2, -0.15) is 0 Å². The second kappa shape index (κ2) is 7.09. The van der Waals surface area contributed by atoms with Gasteiger partial charge in [0.2, 0.25) is 5.92 Å². The molecular weight excluding hydrogens is 354 g/mol. The van der Waals surface area contributed by atoms with E-state index in [0.29, 0.717) is 31.5 Å². The predicted molar refractivity (Wildman–Crippen MR) is 96.0 cm³/mol. The van der Waals surface area contributed by atoms with Crippen LogP contribution in [0, 0.1) is 5.92 Å². The second-order valence-electron chi connectivity index (χ2n) is 7.91. The maximum absolute atomic E-state index is 13.9. The van der Waals surface area contributed by atoms with Gasteiger partial charge in [0, 0.05) is 42.3 Å². The van der Waals surface area contributed by atoms with Gasteiger partial charge < -0.3 is 10.0 Å². The molecular formula is C19H24F2N4O2. The summed E-state index contributed by atoms with van der Waals surface area (Å²) in [6.45, 7) is 2.45. The van der Waals surface area contributed by atoms with E-state index in [1.54, 1.807) is 30.3 Å². The summed E-state index contributed by atoms with van der Waals surface area (Å²) in [4.78, 5) is 17.7. The highest BCUT2D eigenvalue weighted by atomic mass is 19.3. The van der Waals surface area contributed by atoms with Crippen molar-refractivity contribution in [1.82, 2.24) is 4.90 Å². The Kier molecular flexibility index (Phi) is 5.14. The highest BCUT2D eigenvalue weighted by molar-refractivity contribution is 5.87. The van der Waals surface area contributed by atoms with Gasteiger partial charge in [-0.15, -0.1) is 0 Å². The lowest BCUT2D eigenvalue weighted by Crippen LogP contribution is -2.54. The molecule has 1 saturated heterocycles. The normalized spacial score (nSPS) is 26.1. The highest BCUT2D eigenvalue weighted by Gasteiger charge is 2.54. The summed E-state index contributed by atoms with van der Waals surface area (Å²) in [5.74, 6) is -4.25. The molecule has 1 heterocycles. The Morgan fingerprint density at radius 2 is 1.93 bits per heavy atom. The number of alkyl halides is 2. The maximum Gasteiger partial charge on any atom is 0.259 e. The molecule has 1 aromatic rings. The smallest absolute Gasteiger partial charge is 0.259 e. The molecule has 1 saturated carbocycles. The van der Waals surface area contributed by atoms with Gasteiger partial charge in [-0.3, -0.25) is 4.79 Å². The standard InChI is InChI=1S/C19H24F2N4O2/c1-17(23-24-22)9-11-25(12-10-17)16(26)19(27,14-5-3-2-4-6-14)15-7-8-18(20,21)13-15/h2-6,15,27H,7-13H2,1H3. The first kappa shape index (κ1) is 19.6. The molecule has 0 bridgehead atoms. The number of halogens is 2. The number of likely N-dealkylation sites (tertiary alicyclic amines) is 1. The van der Waals surface area contributed by atoms with Crippen molar-refractivity contribution in [2.45, 2.75) is 56.1 Å². The van der Waals surface area contributed by atoms with Crippen molar-refractivity contribution in [2.75, 3.05) is 13.1 Å². The molecule has 6 nitrogen and oxygen atoms in total. The number of carbonyl (C=O) groups excluding carboxylic acids is 1. The van der Waals surface area contributed by atoms with Gasteiger partial charge in [0.1, 0.15) is 0 Å². The average Bonchev–Trinajstić information content (AvgIpc) is 3.02. The van der Waals surface area contributed by atoms with Crippen molar-refractivity contribution in [2.24, 2.45) is 11.0 Å². The van der Waals surface area contributed by atoms with E-state index < -0.39 is 35.3 Å². The van der Waals surface area contributed by atoms with Gasteiger partial charge in [-0.1, -0.05) is 42.4 Å². The Hall–Kier alpha value is -2.18. The van der Waals surface area contributed by atoms with Gasteiger partial charge in [0.15, 0.2) is 5.60 Å². The minimum atomic E-state index is -2.87. The molecule has 2 aliphatic rings. The van der Waals surface area contributed by atoms with Crippen molar-refractivity contribution in [3.8, 4) is 0 Å². The predicted octanol–water partition coefficient (Wildman–Crippen LogP) is 4.00. The summed E-state index contributed by atoms with van der Waals surface area (Å²) in [5.41, 5.74) is 6.49. The molecule has 0 aromatic heterocycles. The average molecular weight is 378 g/mol. The number of carbonyl (C=O) groups is 1. The molecule has 8 heteroatoms. The van der Waals surface area contributed by atoms with Crippen LogP contribution in [0.25, 0.3) is 10.4 Å². The molecule has 2 fully saturated rings. The van der Waals surface area contributed by atoms with Gasteiger partial charge >= 0.3 is 0 Å². The molecule has 1 N–H and O–H groups in total. The Balaban J connectivity index is 1.88. The summed E-state index contributed by atoms with van der Waals surface area (Å²) >= 11 is 0. The van der Waals surface area contributed by atoms with E-state index in [4.69, 9.17) is 5.53 Å². The van der Waals surface area contributed by atoms with E-state index in [1.165, 1.54) is 4.90 Å². The van der Waals surface area contributed by atoms with Gasteiger partial charge in [-0.05, 0) is 30.4 Å². The Morgan fingerprint density at radius 1 is 1.30 bits per heavy atom. The number of piperidine rings is 1. The Labute approximate surface area is 156 Å². The fourth-order valence-corrected chi connectivity index (χ4v) is 4.17. The number of azide groups is 1. The summed E-state index contributed by atoms with van der Waals surface area (Å²) < 4.78 is 27.7. The first-order chi connectivity index (χ1) is 12.7. The zero-order valence-electron chi connectivity index (χ0n) is 15.3. The zero-order valence-corrected chi connectivity index (χ0v) is 15.3. The van der Waals surface area contributed by atoms with E-state index >= 15 is 0 Å². The van der Waals surface area contributed by atoms with Crippen molar-refractivity contribution < 1.29 is 18.7 Å². The summed E-state index contributed by atoms with van der Waals surface area (Å²) in [7, 11) is 0. The van der Waals surface area contributed by atoms with Crippen LogP contribution in [0.2, 0.25) is 0 Å². The zero-order chi connectivity index (χ0) is 19.7. The summed E-state index contributed by atoms with van der Waals surface area (Å²) in [6.07, 6.45) is 0.195. The third-order valence-corrected chi connectivity index (χ3v) is 5.95. The van der Waals surface area contributed by atoms with Gasteiger partial charge in [0.05, 0.1) is 0 Å². The van der Waals surface area contributed by atoms with Crippen molar-refractivity contribution >= 4 is 5.91 Å². The van der Waals surface area contributed by atoms with Gasteiger partial charge in [0.25, 0.3) is 5.91 Å². The molecule has 0 radical (unpaired) electrons. The van der Waals surface area contributed by atoms with Crippen molar-refractivity contribution in [3.63, 3.8) is 0 Å². The van der Waals surface area contributed by atoms with E-state index in [0.717, 1.165) is 0 Å². The molecule has 3 rings (SSSR count). The van der Waals surface area contributed by atoms with Crippen LogP contribution in [0.5, 0.6) is 0 Å². The van der Waals surface area contributed by atoms with Crippen LogP contribution in [0.15, 0.2) is 35.4 Å². The second-order valence-corrected chi connectivity index (χ2v) is 7.91. The van der Waals surface area contributed by atoms with Gasteiger partial charge in [-0.25, -0.2) is 8.78 Å². The molecule has 1 aromatic carbocycles. The van der Waals surface area contributed by atoms with Crippen molar-refractivity contribution in [1.29, 1.82) is 0 Å². The van der Waals surface area contributed by atoms with E-state index in [2.05, 4.69) is 10.0 Å². The molecule has 1 amide bonds. The van der Waals surface area contributed by atoms with E-state index in [1.807, 2.05) is 6.92 Å². The lowest BCUT2D eigenvalue weighted by atomic mass is 9.78. The number of amides is 1. The number of nitrogens with zero attached hydrogens (tertiary/aromatic N) is 4. The first-order valence-corrected chi connectivity index (χ1v) is 9.22. The quantitative estimate of drug-likeness (QED) is 0.487. The maximum atomic E-state index is 13.9. The molecule has 1 aliphatic carbocycles. The van der Waals surface area contributed by atoms with Crippen LogP contribution in [0.3, 0.4) is 0 Å². The van der Waals surface area contributed by atoms with E-state index in [-0.39, 0.29) is 12.8 Å². The number of hydrogen-bond donors (Lipinski definition) is 1. The monoisotopic (exact) mass is 378 g/mol. The lowest BCUT2D eigenvalue weighted by Gasteiger charge is -2.42. The molecule has 2 unspecified atom stereocenters. The van der Waals surface area contributed by atoms with E-state index in [9.17, 15) is 18.7 Å². The lowest BCUT2D eigenvalue weighted by molar-refractivity contribution is -0.162. The Morgan fingerprint density at radius 3 is 2.44 bits per heavy atom. The fraction of sp³-hybridized carbons (Fsp3) is 0.632. The molecule has 0 spiro atoms. The number of hydrogen-bond acceptors (Lipinski definition) is 3. The minimum Gasteiger partial charge on any atom is -0.375 e. The number of rotatable bonds is 4. The number of aliphatic hydroxyl groups is 1. The Bertz CT molecular complexity index is 743. The summed E-state index contributed by atoms with van der Waals surface area (Å²) in [5, 5.41) is 15.3. The first-order valence-electron chi connectivity index (χ1n) is 9.22. The van der Waals surface area contributed by atoms with Crippen LogP contribution in [-0.2, 0) is 10.4 Å². The van der Waals surface area contributed by atoms with Crippen LogP contribution >= 0.6 is 0 Å². The molecule has 27 heavy (non-hydrogen) atoms. The van der Waals surface area contributed by atoms with Crippen LogP contribution in [-0.4, -0.2) is 40.5 Å². The third-order valence-electron chi connectivity index (χ3n) is 5.95. The van der Waals surface area contributed by atoms with Crippen molar-refractivity contribution in [3.05, 3.63) is 46.3 Å². The molecule has 146 valence electrons. The topological polar surface area (TPSA) is 89.3 Å². The van der Waals surface area contributed by atoms with Crippen LogP contribution in [0.4, 0.5) is 8.78 Å². The highest BCUT2D eigenvalue weighted by Crippen LogP contribution is 2.48. The third kappa shape index (κ3) is 3.77. The molecule has 1 aliphatic heterocycles. The fourth-order valence-electron chi connectivity index (χ4n) is 4.17. The largest absolute Gasteiger partial charge is 0.375 e.